The van der Waals surface area contributed by atoms with Crippen LogP contribution in [0, 0.1) is 10.1 Å². The molecule has 27 heavy (non-hydrogen) atoms. The van der Waals surface area contributed by atoms with Crippen LogP contribution in [-0.2, 0) is 6.54 Å². The zero-order chi connectivity index (χ0) is 19.2. The number of aromatic nitrogens is 3. The Labute approximate surface area is 162 Å². The van der Waals surface area contributed by atoms with Crippen LogP contribution in [0.4, 0.5) is 5.69 Å². The molecule has 0 saturated carbocycles. The van der Waals surface area contributed by atoms with Gasteiger partial charge in [0.2, 0.25) is 5.69 Å². The highest BCUT2D eigenvalue weighted by Gasteiger charge is 2.25. The van der Waals surface area contributed by atoms with E-state index in [9.17, 15) is 14.9 Å². The summed E-state index contributed by atoms with van der Waals surface area (Å²) in [6.45, 7) is 0.292. The Morgan fingerprint density at radius 3 is 2.78 bits per heavy atom. The second-order valence-electron chi connectivity index (χ2n) is 5.43. The van der Waals surface area contributed by atoms with E-state index in [1.165, 1.54) is 17.1 Å². The lowest BCUT2D eigenvalue weighted by atomic mass is 10.2. The minimum absolute atomic E-state index is 0.292. The van der Waals surface area contributed by atoms with E-state index in [2.05, 4.69) is 36.5 Å². The number of nitro groups is 1. The fourth-order valence-electron chi connectivity index (χ4n) is 2.23. The minimum atomic E-state index is -0.767. The van der Waals surface area contributed by atoms with Crippen molar-refractivity contribution in [1.29, 1.82) is 0 Å². The van der Waals surface area contributed by atoms with Crippen molar-refractivity contribution in [2.24, 2.45) is 5.10 Å². The van der Waals surface area contributed by atoms with E-state index in [-0.39, 0.29) is 11.4 Å². The first-order chi connectivity index (χ1) is 13.0. The van der Waals surface area contributed by atoms with Crippen LogP contribution in [0.15, 0.2) is 64.6 Å². The summed E-state index contributed by atoms with van der Waals surface area (Å²) in [4.78, 5) is 26.8. The molecule has 0 aliphatic rings. The van der Waals surface area contributed by atoms with E-state index in [0.29, 0.717) is 12.1 Å². The topological polar surface area (TPSA) is 115 Å². The third-order valence-corrected chi connectivity index (χ3v) is 4.00. The molecule has 1 N–H and O–H groups in total. The van der Waals surface area contributed by atoms with Gasteiger partial charge in [0.15, 0.2) is 0 Å². The number of hydrogen-bond acceptors (Lipinski definition) is 6. The summed E-state index contributed by atoms with van der Waals surface area (Å²) < 4.78 is 2.27. The Kier molecular flexibility index (Phi) is 5.67. The standard InChI is InChI=1S/C17H13BrN6O3/c18-14-5-3-12(4-6-14)10-23-11-15(24(26)27)16(22-23)17(25)21-20-9-13-2-1-7-19-8-13/h1-9,11H,10H2,(H,21,25). The number of carbonyl (C=O) groups excluding carboxylic acids is 1. The fourth-order valence-corrected chi connectivity index (χ4v) is 2.50. The Morgan fingerprint density at radius 2 is 2.11 bits per heavy atom. The lowest BCUT2D eigenvalue weighted by Gasteiger charge is -2.01. The number of halogens is 1. The molecule has 0 atom stereocenters. The highest BCUT2D eigenvalue weighted by Crippen LogP contribution is 2.18. The van der Waals surface area contributed by atoms with Crippen LogP contribution in [-0.4, -0.2) is 31.8 Å². The van der Waals surface area contributed by atoms with Crippen molar-refractivity contribution in [2.75, 3.05) is 0 Å². The van der Waals surface area contributed by atoms with Crippen LogP contribution in [0.5, 0.6) is 0 Å². The largest absolute Gasteiger partial charge is 0.320 e. The Morgan fingerprint density at radius 1 is 1.33 bits per heavy atom. The van der Waals surface area contributed by atoms with E-state index in [1.807, 2.05) is 24.3 Å². The van der Waals surface area contributed by atoms with Crippen molar-refractivity contribution >= 4 is 33.7 Å². The number of benzene rings is 1. The summed E-state index contributed by atoms with van der Waals surface area (Å²) in [7, 11) is 0. The molecule has 1 aromatic carbocycles. The van der Waals surface area contributed by atoms with Crippen LogP contribution in [0.3, 0.4) is 0 Å². The highest BCUT2D eigenvalue weighted by molar-refractivity contribution is 9.10. The van der Waals surface area contributed by atoms with Crippen molar-refractivity contribution in [3.63, 3.8) is 0 Å². The Bertz CT molecular complexity index is 986. The molecule has 2 aromatic heterocycles. The van der Waals surface area contributed by atoms with E-state index in [1.54, 1.807) is 24.5 Å². The maximum absolute atomic E-state index is 12.2. The lowest BCUT2D eigenvalue weighted by molar-refractivity contribution is -0.385. The zero-order valence-corrected chi connectivity index (χ0v) is 15.4. The molecular weight excluding hydrogens is 416 g/mol. The fraction of sp³-hybridized carbons (Fsp3) is 0.0588. The molecule has 2 heterocycles. The van der Waals surface area contributed by atoms with Crippen molar-refractivity contribution in [2.45, 2.75) is 6.54 Å². The molecule has 1 amide bonds. The molecule has 0 spiro atoms. The number of carbonyl (C=O) groups is 1. The first-order valence-corrected chi connectivity index (χ1v) is 8.52. The molecule has 0 aliphatic carbocycles. The van der Waals surface area contributed by atoms with Gasteiger partial charge in [0.05, 0.1) is 17.7 Å². The molecule has 0 radical (unpaired) electrons. The lowest BCUT2D eigenvalue weighted by Crippen LogP contribution is -2.19. The average Bonchev–Trinajstić information content (AvgIpc) is 3.09. The maximum Gasteiger partial charge on any atom is 0.320 e. The molecule has 136 valence electrons. The van der Waals surface area contributed by atoms with Crippen molar-refractivity contribution in [3.8, 4) is 0 Å². The molecule has 0 bridgehead atoms. The normalized spacial score (nSPS) is 10.9. The van der Waals surface area contributed by atoms with E-state index >= 15 is 0 Å². The van der Waals surface area contributed by atoms with Gasteiger partial charge in [-0.3, -0.25) is 24.6 Å². The van der Waals surface area contributed by atoms with E-state index < -0.39 is 10.8 Å². The Hall–Kier alpha value is -3.40. The second kappa shape index (κ2) is 8.32. The Balaban J connectivity index is 1.76. The molecule has 10 heteroatoms. The summed E-state index contributed by atoms with van der Waals surface area (Å²) >= 11 is 3.34. The number of rotatable bonds is 6. The van der Waals surface area contributed by atoms with Crippen molar-refractivity contribution < 1.29 is 9.72 Å². The number of nitrogens with one attached hydrogen (secondary N) is 1. The summed E-state index contributed by atoms with van der Waals surface area (Å²) in [5.41, 5.74) is 3.11. The molecule has 3 aromatic rings. The quantitative estimate of drug-likeness (QED) is 0.368. The summed E-state index contributed by atoms with van der Waals surface area (Å²) in [6, 6.07) is 10.9. The first kappa shape index (κ1) is 18.4. The summed E-state index contributed by atoms with van der Waals surface area (Å²) in [6.07, 6.45) is 5.78. The number of hydrazone groups is 1. The molecule has 0 fully saturated rings. The smallest absolute Gasteiger partial charge is 0.265 e. The second-order valence-corrected chi connectivity index (χ2v) is 6.35. The van der Waals surface area contributed by atoms with Crippen LogP contribution in [0.2, 0.25) is 0 Å². The van der Waals surface area contributed by atoms with Crippen LogP contribution in [0.25, 0.3) is 0 Å². The van der Waals surface area contributed by atoms with Gasteiger partial charge in [-0.25, -0.2) is 5.43 Å². The number of hydrogen-bond donors (Lipinski definition) is 1. The van der Waals surface area contributed by atoms with Gasteiger partial charge in [0.25, 0.3) is 5.91 Å². The minimum Gasteiger partial charge on any atom is -0.265 e. The number of nitrogens with zero attached hydrogens (tertiary/aromatic N) is 5. The summed E-state index contributed by atoms with van der Waals surface area (Å²) in [5.74, 6) is -0.767. The SMILES string of the molecule is O=C(NN=Cc1cccnc1)c1nn(Cc2ccc(Br)cc2)cc1[N+](=O)[O-]. The molecular formula is C17H13BrN6O3. The monoisotopic (exact) mass is 428 g/mol. The summed E-state index contributed by atoms with van der Waals surface area (Å²) in [5, 5.41) is 19.1. The van der Waals surface area contributed by atoms with Crippen molar-refractivity contribution in [1.82, 2.24) is 20.2 Å². The van der Waals surface area contributed by atoms with Gasteiger partial charge < -0.3 is 0 Å². The highest BCUT2D eigenvalue weighted by atomic mass is 79.9. The van der Waals surface area contributed by atoms with Gasteiger partial charge in [-0.1, -0.05) is 34.1 Å². The molecule has 0 saturated heterocycles. The van der Waals surface area contributed by atoms with E-state index in [4.69, 9.17) is 0 Å². The van der Waals surface area contributed by atoms with Gasteiger partial charge in [-0.2, -0.15) is 10.2 Å². The van der Waals surface area contributed by atoms with Crippen LogP contribution >= 0.6 is 15.9 Å². The third-order valence-electron chi connectivity index (χ3n) is 3.48. The predicted molar refractivity (Wildman–Crippen MR) is 101 cm³/mol. The number of amides is 1. The van der Waals surface area contributed by atoms with E-state index in [0.717, 1.165) is 10.0 Å². The molecule has 0 aliphatic heterocycles. The van der Waals surface area contributed by atoms with Gasteiger partial charge in [-0.15, -0.1) is 0 Å². The number of pyridine rings is 1. The molecule has 9 nitrogen and oxygen atoms in total. The zero-order valence-electron chi connectivity index (χ0n) is 13.8. The molecule has 3 rings (SSSR count). The maximum atomic E-state index is 12.2. The van der Waals surface area contributed by atoms with Crippen molar-refractivity contribution in [3.05, 3.63) is 86.4 Å². The van der Waals surface area contributed by atoms with Gasteiger partial charge in [0.1, 0.15) is 6.20 Å². The van der Waals surface area contributed by atoms with Crippen LogP contribution < -0.4 is 5.43 Å². The van der Waals surface area contributed by atoms with Gasteiger partial charge in [0, 0.05) is 22.4 Å². The van der Waals surface area contributed by atoms with Crippen LogP contribution in [0.1, 0.15) is 21.6 Å². The van der Waals surface area contributed by atoms with Gasteiger partial charge in [-0.05, 0) is 23.8 Å². The molecule has 0 unspecified atom stereocenters. The average molecular weight is 429 g/mol. The van der Waals surface area contributed by atoms with Gasteiger partial charge >= 0.3 is 5.69 Å². The first-order valence-electron chi connectivity index (χ1n) is 7.72. The third kappa shape index (κ3) is 4.82. The predicted octanol–water partition coefficient (Wildman–Crippen LogP) is 2.76.